The van der Waals surface area contributed by atoms with Crippen molar-refractivity contribution in [2.24, 2.45) is 17.3 Å². The van der Waals surface area contributed by atoms with E-state index in [-0.39, 0.29) is 23.2 Å². The fraction of sp³-hybridized carbons (Fsp3) is 0.400. The summed E-state index contributed by atoms with van der Waals surface area (Å²) < 4.78 is 4.82. The lowest BCUT2D eigenvalue weighted by Crippen LogP contribution is -2.07. The minimum absolute atomic E-state index is 0.00691. The van der Waals surface area contributed by atoms with E-state index >= 15 is 0 Å². The highest BCUT2D eigenvalue weighted by Crippen LogP contribution is 2.59. The average molecular weight is 230 g/mol. The largest absolute Gasteiger partial charge is 0.469 e. The van der Waals surface area contributed by atoms with Crippen LogP contribution in [0.2, 0.25) is 0 Å². The molecule has 0 saturated heterocycles. The third kappa shape index (κ3) is 2.26. The summed E-state index contributed by atoms with van der Waals surface area (Å²) in [7, 11) is 1.45. The molecule has 0 aliphatic heterocycles. The summed E-state index contributed by atoms with van der Waals surface area (Å²) in [4.78, 5) is 11.6. The number of hydrogen-bond acceptors (Lipinski definition) is 2. The third-order valence-corrected chi connectivity index (χ3v) is 3.66. The molecule has 0 radical (unpaired) electrons. The summed E-state index contributed by atoms with van der Waals surface area (Å²) in [5.74, 6) is 0.195. The van der Waals surface area contributed by atoms with E-state index in [1.807, 2.05) is 18.2 Å². The zero-order chi connectivity index (χ0) is 12.5. The van der Waals surface area contributed by atoms with Crippen LogP contribution < -0.4 is 0 Å². The zero-order valence-electron chi connectivity index (χ0n) is 10.5. The quantitative estimate of drug-likeness (QED) is 0.746. The number of hydrogen-bond donors (Lipinski definition) is 0. The minimum Gasteiger partial charge on any atom is -0.469 e. The molecule has 0 bridgehead atoms. The molecule has 1 aliphatic rings. The van der Waals surface area contributed by atoms with Crippen LogP contribution in [0.5, 0.6) is 0 Å². The normalized spacial score (nSPS) is 25.8. The van der Waals surface area contributed by atoms with Gasteiger partial charge in [-0.3, -0.25) is 4.79 Å². The number of benzene rings is 1. The maximum atomic E-state index is 11.6. The highest BCUT2D eigenvalue weighted by Gasteiger charge is 2.61. The Morgan fingerprint density at radius 1 is 1.29 bits per heavy atom. The molecule has 0 unspecified atom stereocenters. The second kappa shape index (κ2) is 4.36. The van der Waals surface area contributed by atoms with E-state index in [2.05, 4.69) is 38.1 Å². The second-order valence-electron chi connectivity index (χ2n) is 5.12. The molecule has 2 rings (SSSR count). The SMILES string of the molecule is COC(=O)[C@H]1[C@H](/C=C/c2ccccc2)C1(C)C. The molecule has 1 fully saturated rings. The van der Waals surface area contributed by atoms with E-state index in [0.717, 1.165) is 0 Å². The number of carbonyl (C=O) groups excluding carboxylic acids is 1. The summed E-state index contributed by atoms with van der Waals surface area (Å²) in [5.41, 5.74) is 1.19. The molecule has 0 aromatic heterocycles. The number of ether oxygens (including phenoxy) is 1. The lowest BCUT2D eigenvalue weighted by molar-refractivity contribution is -0.143. The molecule has 2 atom stereocenters. The van der Waals surface area contributed by atoms with Gasteiger partial charge in [-0.05, 0) is 16.9 Å². The molecule has 1 aromatic carbocycles. The Kier molecular flexibility index (Phi) is 3.05. The van der Waals surface area contributed by atoms with Crippen molar-refractivity contribution in [3.8, 4) is 0 Å². The second-order valence-corrected chi connectivity index (χ2v) is 5.12. The molecule has 2 nitrogen and oxygen atoms in total. The molecule has 0 N–H and O–H groups in total. The Hall–Kier alpha value is -1.57. The first-order valence-electron chi connectivity index (χ1n) is 5.88. The van der Waals surface area contributed by atoms with Crippen LogP contribution in [0, 0.1) is 17.3 Å². The molecule has 0 heterocycles. The van der Waals surface area contributed by atoms with Crippen molar-refractivity contribution in [1.82, 2.24) is 0 Å². The van der Waals surface area contributed by atoms with E-state index in [1.54, 1.807) is 0 Å². The van der Waals surface area contributed by atoms with Crippen LogP contribution in [0.25, 0.3) is 6.08 Å². The molecular weight excluding hydrogens is 212 g/mol. The van der Waals surface area contributed by atoms with Crippen LogP contribution in [0.4, 0.5) is 0 Å². The molecule has 0 amide bonds. The van der Waals surface area contributed by atoms with Crippen LogP contribution in [-0.4, -0.2) is 13.1 Å². The van der Waals surface area contributed by atoms with E-state index in [9.17, 15) is 4.79 Å². The van der Waals surface area contributed by atoms with Gasteiger partial charge in [0.2, 0.25) is 0 Å². The molecule has 90 valence electrons. The number of allylic oxidation sites excluding steroid dienone is 1. The average Bonchev–Trinajstić information content (AvgIpc) is 2.89. The van der Waals surface area contributed by atoms with E-state index in [1.165, 1.54) is 12.7 Å². The summed E-state index contributed by atoms with van der Waals surface area (Å²) >= 11 is 0. The van der Waals surface area contributed by atoms with Crippen molar-refractivity contribution in [2.45, 2.75) is 13.8 Å². The first-order valence-corrected chi connectivity index (χ1v) is 5.88. The number of carbonyl (C=O) groups is 1. The minimum atomic E-state index is -0.0993. The van der Waals surface area contributed by atoms with Crippen molar-refractivity contribution >= 4 is 12.0 Å². The molecule has 1 aliphatic carbocycles. The van der Waals surface area contributed by atoms with Gasteiger partial charge < -0.3 is 4.74 Å². The van der Waals surface area contributed by atoms with E-state index < -0.39 is 0 Å². The summed E-state index contributed by atoms with van der Waals surface area (Å²) in [6, 6.07) is 10.1. The van der Waals surface area contributed by atoms with Crippen LogP contribution >= 0.6 is 0 Å². The fourth-order valence-electron chi connectivity index (χ4n) is 2.39. The van der Waals surface area contributed by atoms with Gasteiger partial charge in [0, 0.05) is 0 Å². The van der Waals surface area contributed by atoms with E-state index in [4.69, 9.17) is 4.74 Å². The smallest absolute Gasteiger partial charge is 0.309 e. The van der Waals surface area contributed by atoms with Crippen LogP contribution in [0.1, 0.15) is 19.4 Å². The van der Waals surface area contributed by atoms with Gasteiger partial charge in [-0.2, -0.15) is 0 Å². The highest BCUT2D eigenvalue weighted by molar-refractivity contribution is 5.78. The van der Waals surface area contributed by atoms with E-state index in [0.29, 0.717) is 0 Å². The van der Waals surface area contributed by atoms with Gasteiger partial charge in [-0.1, -0.05) is 56.3 Å². The number of esters is 1. The van der Waals surface area contributed by atoms with Gasteiger partial charge in [-0.15, -0.1) is 0 Å². The van der Waals surface area contributed by atoms with Gasteiger partial charge in [0.15, 0.2) is 0 Å². The monoisotopic (exact) mass is 230 g/mol. The Labute approximate surface area is 102 Å². The number of rotatable bonds is 3. The molecule has 1 aromatic rings. The van der Waals surface area contributed by atoms with Crippen LogP contribution in [-0.2, 0) is 9.53 Å². The first kappa shape index (κ1) is 11.9. The lowest BCUT2D eigenvalue weighted by Gasteiger charge is -1.99. The molecule has 2 heteroatoms. The van der Waals surface area contributed by atoms with Crippen molar-refractivity contribution < 1.29 is 9.53 Å². The van der Waals surface area contributed by atoms with Gasteiger partial charge in [-0.25, -0.2) is 0 Å². The predicted octanol–water partition coefficient (Wildman–Crippen LogP) is 3.15. The van der Waals surface area contributed by atoms with Crippen molar-refractivity contribution in [2.75, 3.05) is 7.11 Å². The first-order chi connectivity index (χ1) is 8.07. The Balaban J connectivity index is 2.06. The van der Waals surface area contributed by atoms with Crippen LogP contribution in [0.15, 0.2) is 36.4 Å². The maximum absolute atomic E-state index is 11.6. The Morgan fingerprint density at radius 3 is 2.53 bits per heavy atom. The van der Waals surface area contributed by atoms with Crippen molar-refractivity contribution in [3.63, 3.8) is 0 Å². The highest BCUT2D eigenvalue weighted by atomic mass is 16.5. The summed E-state index contributed by atoms with van der Waals surface area (Å²) in [6.45, 7) is 4.21. The molecule has 0 spiro atoms. The number of methoxy groups -OCH3 is 1. The van der Waals surface area contributed by atoms with Crippen LogP contribution in [0.3, 0.4) is 0 Å². The Bertz CT molecular complexity index is 431. The van der Waals surface area contributed by atoms with Gasteiger partial charge in [0.1, 0.15) is 0 Å². The van der Waals surface area contributed by atoms with Crippen molar-refractivity contribution in [3.05, 3.63) is 42.0 Å². The standard InChI is InChI=1S/C15H18O2/c1-15(2)12(13(15)14(16)17-3)10-9-11-7-5-4-6-8-11/h4-10,12-13H,1-3H3/b10-9+/t12-,13+/m0/s1. The van der Waals surface area contributed by atoms with Gasteiger partial charge in [0.05, 0.1) is 13.0 Å². The maximum Gasteiger partial charge on any atom is 0.309 e. The Morgan fingerprint density at radius 2 is 1.94 bits per heavy atom. The molecule has 17 heavy (non-hydrogen) atoms. The third-order valence-electron chi connectivity index (χ3n) is 3.66. The molecular formula is C15H18O2. The van der Waals surface area contributed by atoms with Crippen molar-refractivity contribution in [1.29, 1.82) is 0 Å². The topological polar surface area (TPSA) is 26.3 Å². The fourth-order valence-corrected chi connectivity index (χ4v) is 2.39. The van der Waals surface area contributed by atoms with Gasteiger partial charge >= 0.3 is 5.97 Å². The summed E-state index contributed by atoms with van der Waals surface area (Å²) in [6.07, 6.45) is 4.20. The predicted molar refractivity (Wildman–Crippen MR) is 68.3 cm³/mol. The lowest BCUT2D eigenvalue weighted by atomic mass is 10.1. The molecule has 1 saturated carbocycles. The van der Waals surface area contributed by atoms with Gasteiger partial charge in [0.25, 0.3) is 0 Å². The summed E-state index contributed by atoms with van der Waals surface area (Å²) in [5, 5.41) is 0. The zero-order valence-corrected chi connectivity index (χ0v) is 10.5.